The molecule has 0 aliphatic rings. The second-order valence-corrected chi connectivity index (χ2v) is 6.73. The third kappa shape index (κ3) is 6.94. The molecule has 102 valence electrons. The Bertz CT molecular complexity index is 233. The number of nitrogens with two attached hydrogens (primary N) is 1. The Kier molecular flexibility index (Phi) is 7.88. The molecule has 0 spiro atoms. The van der Waals surface area contributed by atoms with Gasteiger partial charge in [0.15, 0.2) is 0 Å². The molecule has 0 saturated heterocycles. The van der Waals surface area contributed by atoms with Crippen LogP contribution in [0.25, 0.3) is 0 Å². The summed E-state index contributed by atoms with van der Waals surface area (Å²) in [5, 5.41) is 3.98. The van der Waals surface area contributed by atoms with E-state index in [9.17, 15) is 4.79 Å². The Balaban J connectivity index is 4.06. The average Bonchev–Trinajstić information content (AvgIpc) is 2.22. The van der Waals surface area contributed by atoms with Gasteiger partial charge < -0.3 is 11.1 Å². The highest BCUT2D eigenvalue weighted by molar-refractivity contribution is 7.99. The van der Waals surface area contributed by atoms with E-state index in [1.54, 1.807) is 0 Å². The number of nitrogens with one attached hydrogen (secondary N) is 1. The van der Waals surface area contributed by atoms with E-state index in [4.69, 9.17) is 5.73 Å². The summed E-state index contributed by atoms with van der Waals surface area (Å²) in [4.78, 5) is 11.5. The Labute approximate surface area is 110 Å². The van der Waals surface area contributed by atoms with Crippen molar-refractivity contribution in [3.05, 3.63) is 0 Å². The van der Waals surface area contributed by atoms with Gasteiger partial charge in [0.1, 0.15) is 0 Å². The van der Waals surface area contributed by atoms with E-state index >= 15 is 0 Å². The maximum Gasteiger partial charge on any atom is 0.237 e. The Morgan fingerprint density at radius 2 is 2.00 bits per heavy atom. The van der Waals surface area contributed by atoms with E-state index < -0.39 is 5.54 Å². The third-order valence-electron chi connectivity index (χ3n) is 2.95. The smallest absolute Gasteiger partial charge is 0.237 e. The van der Waals surface area contributed by atoms with Gasteiger partial charge in [0.05, 0.1) is 5.54 Å². The molecule has 17 heavy (non-hydrogen) atoms. The predicted octanol–water partition coefficient (Wildman–Crippen LogP) is 2.54. The van der Waals surface area contributed by atoms with Gasteiger partial charge in [0.25, 0.3) is 0 Å². The monoisotopic (exact) mass is 260 g/mol. The van der Waals surface area contributed by atoms with Crippen molar-refractivity contribution >= 4 is 17.7 Å². The molecule has 0 rings (SSSR count). The van der Waals surface area contributed by atoms with E-state index in [1.165, 1.54) is 6.42 Å². The highest BCUT2D eigenvalue weighted by Gasteiger charge is 2.30. The first kappa shape index (κ1) is 16.8. The Hall–Kier alpha value is -0.220. The van der Waals surface area contributed by atoms with Gasteiger partial charge in [0, 0.05) is 11.3 Å². The molecule has 0 radical (unpaired) electrons. The van der Waals surface area contributed by atoms with E-state index in [1.807, 2.05) is 32.5 Å². The van der Waals surface area contributed by atoms with E-state index in [2.05, 4.69) is 19.2 Å². The number of rotatable bonds is 9. The number of amides is 1. The molecule has 0 aliphatic carbocycles. The molecule has 0 heterocycles. The zero-order valence-corrected chi connectivity index (χ0v) is 12.7. The second kappa shape index (κ2) is 7.98. The summed E-state index contributed by atoms with van der Waals surface area (Å²) in [7, 11) is 0. The van der Waals surface area contributed by atoms with Crippen molar-refractivity contribution in [1.29, 1.82) is 0 Å². The van der Waals surface area contributed by atoms with Gasteiger partial charge in [-0.05, 0) is 45.8 Å². The third-order valence-corrected chi connectivity index (χ3v) is 4.38. The summed E-state index contributed by atoms with van der Waals surface area (Å²) in [5.41, 5.74) is 4.91. The van der Waals surface area contributed by atoms with Gasteiger partial charge in [-0.1, -0.05) is 13.8 Å². The minimum absolute atomic E-state index is 0.250. The molecule has 3 nitrogen and oxygen atoms in total. The first-order chi connectivity index (χ1) is 7.81. The van der Waals surface area contributed by atoms with E-state index in [0.29, 0.717) is 5.25 Å². The van der Waals surface area contributed by atoms with Crippen molar-refractivity contribution in [2.75, 3.05) is 5.75 Å². The highest BCUT2D eigenvalue weighted by Crippen LogP contribution is 2.19. The minimum atomic E-state index is -0.565. The van der Waals surface area contributed by atoms with Crippen molar-refractivity contribution in [1.82, 2.24) is 5.32 Å². The number of carbonyl (C=O) groups is 1. The second-order valence-electron chi connectivity index (χ2n) is 5.19. The Morgan fingerprint density at radius 3 is 2.41 bits per heavy atom. The molecule has 0 aliphatic heterocycles. The lowest BCUT2D eigenvalue weighted by Crippen LogP contribution is -2.55. The number of thioether (sulfide) groups is 1. The van der Waals surface area contributed by atoms with Crippen molar-refractivity contribution in [3.63, 3.8) is 0 Å². The van der Waals surface area contributed by atoms with Gasteiger partial charge >= 0.3 is 0 Å². The molecule has 0 aromatic heterocycles. The van der Waals surface area contributed by atoms with Crippen LogP contribution in [-0.4, -0.2) is 28.5 Å². The lowest BCUT2D eigenvalue weighted by molar-refractivity contribution is -0.124. The SMILES string of the molecule is CCC(C)SCCCC(C)(NC(C)C)C(N)=O. The van der Waals surface area contributed by atoms with Crippen LogP contribution < -0.4 is 11.1 Å². The van der Waals surface area contributed by atoms with Gasteiger partial charge in [0.2, 0.25) is 5.91 Å². The number of carbonyl (C=O) groups excluding carboxylic acids is 1. The maximum atomic E-state index is 11.5. The van der Waals surface area contributed by atoms with Crippen LogP contribution in [0, 0.1) is 0 Å². The molecule has 0 aromatic rings. The summed E-state index contributed by atoms with van der Waals surface area (Å²) < 4.78 is 0. The van der Waals surface area contributed by atoms with Crippen LogP contribution in [0.2, 0.25) is 0 Å². The zero-order valence-electron chi connectivity index (χ0n) is 11.9. The van der Waals surface area contributed by atoms with E-state index in [0.717, 1.165) is 18.6 Å². The number of hydrogen-bond acceptors (Lipinski definition) is 3. The van der Waals surface area contributed by atoms with Crippen molar-refractivity contribution in [2.24, 2.45) is 5.73 Å². The fourth-order valence-electron chi connectivity index (χ4n) is 1.73. The number of hydrogen-bond donors (Lipinski definition) is 2. The first-order valence-electron chi connectivity index (χ1n) is 6.51. The first-order valence-corrected chi connectivity index (χ1v) is 7.56. The minimum Gasteiger partial charge on any atom is -0.368 e. The van der Waals surface area contributed by atoms with Crippen molar-refractivity contribution in [2.45, 2.75) is 70.7 Å². The summed E-state index contributed by atoms with van der Waals surface area (Å²) in [6.07, 6.45) is 3.03. The van der Waals surface area contributed by atoms with Gasteiger partial charge in [-0.2, -0.15) is 11.8 Å². The standard InChI is InChI=1S/C13H28N2OS/c1-6-11(4)17-9-7-8-13(5,12(14)16)15-10(2)3/h10-11,15H,6-9H2,1-5H3,(H2,14,16). The summed E-state index contributed by atoms with van der Waals surface area (Å²) >= 11 is 1.97. The molecular formula is C13H28N2OS. The van der Waals surface area contributed by atoms with Crippen LogP contribution in [0.5, 0.6) is 0 Å². The van der Waals surface area contributed by atoms with Crippen LogP contribution in [0.1, 0.15) is 53.9 Å². The predicted molar refractivity (Wildman–Crippen MR) is 77.3 cm³/mol. The van der Waals surface area contributed by atoms with Crippen LogP contribution in [0.3, 0.4) is 0 Å². The van der Waals surface area contributed by atoms with Crippen LogP contribution in [0.4, 0.5) is 0 Å². The molecule has 0 fully saturated rings. The molecule has 3 N–H and O–H groups in total. The normalized spacial score (nSPS) is 16.8. The fourth-order valence-corrected chi connectivity index (χ4v) is 2.68. The Morgan fingerprint density at radius 1 is 1.41 bits per heavy atom. The topological polar surface area (TPSA) is 55.1 Å². The molecule has 2 unspecified atom stereocenters. The lowest BCUT2D eigenvalue weighted by Gasteiger charge is -2.30. The molecule has 0 bridgehead atoms. The molecule has 0 aromatic carbocycles. The zero-order chi connectivity index (χ0) is 13.5. The summed E-state index contributed by atoms with van der Waals surface area (Å²) in [6.45, 7) is 10.4. The van der Waals surface area contributed by atoms with Gasteiger partial charge in [-0.15, -0.1) is 0 Å². The van der Waals surface area contributed by atoms with Gasteiger partial charge in [-0.3, -0.25) is 4.79 Å². The lowest BCUT2D eigenvalue weighted by atomic mass is 9.94. The highest BCUT2D eigenvalue weighted by atomic mass is 32.2. The fraction of sp³-hybridized carbons (Fsp3) is 0.923. The summed E-state index contributed by atoms with van der Waals surface area (Å²) in [6, 6.07) is 0.273. The average molecular weight is 260 g/mol. The van der Waals surface area contributed by atoms with E-state index in [-0.39, 0.29) is 11.9 Å². The largest absolute Gasteiger partial charge is 0.368 e. The molecule has 1 amide bonds. The molecular weight excluding hydrogens is 232 g/mol. The molecule has 4 heteroatoms. The maximum absolute atomic E-state index is 11.5. The molecule has 0 saturated carbocycles. The summed E-state index contributed by atoms with van der Waals surface area (Å²) in [5.74, 6) is 0.845. The van der Waals surface area contributed by atoms with Crippen LogP contribution in [-0.2, 0) is 4.79 Å². The van der Waals surface area contributed by atoms with Crippen molar-refractivity contribution in [3.8, 4) is 0 Å². The van der Waals surface area contributed by atoms with Crippen LogP contribution in [0.15, 0.2) is 0 Å². The quantitative estimate of drug-likeness (QED) is 0.626. The number of primary amides is 1. The molecule has 2 atom stereocenters. The van der Waals surface area contributed by atoms with Crippen molar-refractivity contribution < 1.29 is 4.79 Å². The van der Waals surface area contributed by atoms with Crippen LogP contribution >= 0.6 is 11.8 Å². The van der Waals surface area contributed by atoms with Gasteiger partial charge in [-0.25, -0.2) is 0 Å².